The van der Waals surface area contributed by atoms with Crippen molar-refractivity contribution in [1.29, 1.82) is 0 Å². The Balaban J connectivity index is 2.22. The monoisotopic (exact) mass is 449 g/mol. The molecule has 3 N–H and O–H groups in total. The van der Waals surface area contributed by atoms with Crippen LogP contribution in [0, 0.1) is 34.3 Å². The predicted octanol–water partition coefficient (Wildman–Crippen LogP) is 0.815. The highest BCUT2D eigenvalue weighted by atomic mass is 35.5. The maximum Gasteiger partial charge on any atom is 0.325 e. The lowest BCUT2D eigenvalue weighted by Crippen LogP contribution is -2.57. The quantitative estimate of drug-likeness (QED) is 0.236. The van der Waals surface area contributed by atoms with Crippen LogP contribution in [0.5, 0.6) is 0 Å². The van der Waals surface area contributed by atoms with Crippen LogP contribution in [-0.4, -0.2) is 55.9 Å². The molecule has 2 heterocycles. The molecule has 162 valence electrons. The van der Waals surface area contributed by atoms with Crippen LogP contribution in [-0.2, 0) is 19.2 Å². The van der Waals surface area contributed by atoms with E-state index < -0.39 is 64.2 Å². The minimum atomic E-state index is -2.37. The summed E-state index contributed by atoms with van der Waals surface area (Å²) < 4.78 is 0. The highest BCUT2D eigenvalue weighted by Crippen LogP contribution is 2.51. The van der Waals surface area contributed by atoms with Gasteiger partial charge in [-0.3, -0.25) is 39.5 Å². The number of carbonyl (C=O) groups excluding carboxylic acids is 2. The van der Waals surface area contributed by atoms with Gasteiger partial charge < -0.3 is 10.2 Å². The average molecular weight is 450 g/mol. The van der Waals surface area contributed by atoms with Crippen LogP contribution >= 0.6 is 11.6 Å². The number of amides is 2. The Morgan fingerprint density at radius 2 is 2.00 bits per heavy atom. The molecule has 0 bridgehead atoms. The van der Waals surface area contributed by atoms with Gasteiger partial charge in [0.25, 0.3) is 5.69 Å². The molecular weight excluding hydrogens is 434 g/mol. The van der Waals surface area contributed by atoms with Gasteiger partial charge in [-0.05, 0) is 12.1 Å². The molecule has 3 rings (SSSR count). The number of hydrogen-bond donors (Lipinski definition) is 3. The van der Waals surface area contributed by atoms with Crippen LogP contribution in [0.1, 0.15) is 24.4 Å². The summed E-state index contributed by atoms with van der Waals surface area (Å²) in [5.74, 6) is -5.60. The Labute approximate surface area is 180 Å². The molecule has 4 unspecified atom stereocenters. The van der Waals surface area contributed by atoms with Gasteiger partial charge in [-0.25, -0.2) is 0 Å². The van der Waals surface area contributed by atoms with Crippen molar-refractivity contribution < 1.29 is 34.3 Å². The van der Waals surface area contributed by atoms with Crippen molar-refractivity contribution in [1.82, 2.24) is 10.2 Å². The van der Waals surface area contributed by atoms with E-state index in [1.54, 1.807) is 0 Å². The first-order valence-corrected chi connectivity index (χ1v) is 9.38. The smallest absolute Gasteiger partial charge is 0.325 e. The first-order chi connectivity index (χ1) is 14.5. The number of imide groups is 1. The predicted molar refractivity (Wildman–Crippen MR) is 104 cm³/mol. The topological polar surface area (TPSA) is 167 Å². The summed E-state index contributed by atoms with van der Waals surface area (Å²) in [7, 11) is 0. The Morgan fingerprint density at radius 1 is 1.32 bits per heavy atom. The fraction of sp³-hybridized carbons (Fsp3) is 0.368. The lowest BCUT2D eigenvalue weighted by Gasteiger charge is -2.29. The van der Waals surface area contributed by atoms with Crippen molar-refractivity contribution >= 4 is 41.0 Å². The third-order valence-electron chi connectivity index (χ3n) is 5.56. The van der Waals surface area contributed by atoms with E-state index in [1.165, 1.54) is 12.1 Å². The molecule has 0 aliphatic carbocycles. The molecule has 2 aliphatic rings. The van der Waals surface area contributed by atoms with Crippen LogP contribution in [0.25, 0.3) is 0 Å². The summed E-state index contributed by atoms with van der Waals surface area (Å²) in [6.07, 6.45) is 4.17. The number of nitro benzene ring substituents is 1. The zero-order valence-corrected chi connectivity index (χ0v) is 16.5. The molecule has 1 aromatic carbocycles. The first-order valence-electron chi connectivity index (χ1n) is 9.00. The molecule has 2 saturated heterocycles. The number of terminal acetylenes is 1. The lowest BCUT2D eigenvalue weighted by molar-refractivity contribution is -0.385. The van der Waals surface area contributed by atoms with E-state index in [1.807, 2.05) is 0 Å². The molecule has 0 spiro atoms. The van der Waals surface area contributed by atoms with Crippen LogP contribution in [0.4, 0.5) is 5.69 Å². The molecule has 2 fully saturated rings. The van der Waals surface area contributed by atoms with E-state index in [-0.39, 0.29) is 23.6 Å². The molecule has 0 saturated carbocycles. The van der Waals surface area contributed by atoms with Gasteiger partial charge in [0.1, 0.15) is 5.54 Å². The minimum Gasteiger partial charge on any atom is -0.481 e. The number of hydrogen-bond acceptors (Lipinski definition) is 7. The van der Waals surface area contributed by atoms with Gasteiger partial charge in [0.15, 0.2) is 0 Å². The van der Waals surface area contributed by atoms with Gasteiger partial charge in [-0.2, -0.15) is 0 Å². The summed E-state index contributed by atoms with van der Waals surface area (Å²) in [6.45, 7) is -0.186. The molecule has 4 atom stereocenters. The van der Waals surface area contributed by atoms with Crippen LogP contribution in [0.3, 0.4) is 0 Å². The minimum absolute atomic E-state index is 0.00529. The van der Waals surface area contributed by atoms with E-state index in [9.17, 15) is 39.5 Å². The molecule has 12 heteroatoms. The van der Waals surface area contributed by atoms with Crippen LogP contribution in [0.15, 0.2) is 18.2 Å². The Hall–Kier alpha value is -3.49. The van der Waals surface area contributed by atoms with Crippen molar-refractivity contribution in [3.05, 3.63) is 38.9 Å². The summed E-state index contributed by atoms with van der Waals surface area (Å²) in [5.41, 5.74) is -2.95. The van der Waals surface area contributed by atoms with E-state index in [0.717, 1.165) is 11.0 Å². The number of nitrogens with zero attached hydrogens (tertiary/aromatic N) is 2. The maximum atomic E-state index is 13.1. The molecule has 1 aromatic rings. The van der Waals surface area contributed by atoms with Gasteiger partial charge in [-0.15, -0.1) is 12.3 Å². The van der Waals surface area contributed by atoms with Gasteiger partial charge in [0.2, 0.25) is 11.8 Å². The Bertz CT molecular complexity index is 1050. The second-order valence-electron chi connectivity index (χ2n) is 7.21. The SMILES string of the molecule is C#CCCN1C(=O)C2C(c3cc(Cl)ccc3[N+](=O)[O-])NC(CC(=O)O)(C(=O)O)C2C1=O. The maximum absolute atomic E-state index is 13.1. The van der Waals surface area contributed by atoms with Crippen molar-refractivity contribution in [3.8, 4) is 12.3 Å². The van der Waals surface area contributed by atoms with Crippen LogP contribution in [0.2, 0.25) is 5.02 Å². The molecule has 11 nitrogen and oxygen atoms in total. The van der Waals surface area contributed by atoms with E-state index >= 15 is 0 Å². The fourth-order valence-electron chi connectivity index (χ4n) is 4.34. The number of carboxylic acids is 2. The average Bonchev–Trinajstić information content (AvgIpc) is 3.14. The largest absolute Gasteiger partial charge is 0.481 e. The molecule has 2 aliphatic heterocycles. The number of carbonyl (C=O) groups is 4. The zero-order valence-electron chi connectivity index (χ0n) is 15.8. The van der Waals surface area contributed by atoms with Crippen molar-refractivity contribution in [2.45, 2.75) is 24.4 Å². The van der Waals surface area contributed by atoms with E-state index in [4.69, 9.17) is 18.0 Å². The molecule has 0 aromatic heterocycles. The van der Waals surface area contributed by atoms with E-state index in [2.05, 4.69) is 11.2 Å². The zero-order chi connectivity index (χ0) is 23.1. The highest BCUT2D eigenvalue weighted by molar-refractivity contribution is 6.30. The van der Waals surface area contributed by atoms with Gasteiger partial charge in [0, 0.05) is 29.6 Å². The van der Waals surface area contributed by atoms with Crippen molar-refractivity contribution in [2.75, 3.05) is 6.54 Å². The number of benzene rings is 1. The molecular formula is C19H16ClN3O8. The number of rotatable bonds is 7. The van der Waals surface area contributed by atoms with Crippen molar-refractivity contribution in [2.24, 2.45) is 11.8 Å². The second-order valence-corrected chi connectivity index (χ2v) is 7.65. The van der Waals surface area contributed by atoms with Crippen LogP contribution < -0.4 is 5.32 Å². The third kappa shape index (κ3) is 3.49. The Morgan fingerprint density at radius 3 is 2.55 bits per heavy atom. The van der Waals surface area contributed by atoms with Gasteiger partial charge in [-0.1, -0.05) is 11.6 Å². The number of halogens is 1. The highest BCUT2D eigenvalue weighted by Gasteiger charge is 2.69. The van der Waals surface area contributed by atoms with Gasteiger partial charge in [0.05, 0.1) is 29.2 Å². The molecule has 0 radical (unpaired) electrons. The number of nitro groups is 1. The first kappa shape index (κ1) is 22.2. The molecule has 31 heavy (non-hydrogen) atoms. The summed E-state index contributed by atoms with van der Waals surface area (Å²) in [5, 5.41) is 33.4. The van der Waals surface area contributed by atoms with E-state index in [0.29, 0.717) is 0 Å². The number of carboxylic acid groups (broad SMARTS) is 2. The summed E-state index contributed by atoms with van der Waals surface area (Å²) >= 11 is 5.98. The number of nitrogens with one attached hydrogen (secondary N) is 1. The fourth-order valence-corrected chi connectivity index (χ4v) is 4.52. The lowest BCUT2D eigenvalue weighted by atomic mass is 9.77. The van der Waals surface area contributed by atoms with Crippen molar-refractivity contribution in [3.63, 3.8) is 0 Å². The summed E-state index contributed by atoms with van der Waals surface area (Å²) in [6, 6.07) is 2.18. The number of aliphatic carboxylic acids is 2. The second kappa shape index (κ2) is 7.98. The molecule has 2 amide bonds. The Kier molecular flexibility index (Phi) is 5.71. The number of fused-ring (bicyclic) bond motifs is 1. The third-order valence-corrected chi connectivity index (χ3v) is 5.79. The van der Waals surface area contributed by atoms with Gasteiger partial charge >= 0.3 is 11.9 Å². The standard InChI is InChI=1S/C19H16ClN3O8/c1-2-3-6-22-16(26)13-14(17(22)27)19(18(28)29,8-12(24)25)21-15(13)10-7-9(20)4-5-11(10)23(30)31/h1,4-5,7,13-15,21H,3,6,8H2,(H,24,25)(H,28,29). The normalized spacial score (nSPS) is 27.1. The number of likely N-dealkylation sites (tertiary alicyclic amines) is 1. The summed E-state index contributed by atoms with van der Waals surface area (Å²) in [4.78, 5) is 61.5.